The lowest BCUT2D eigenvalue weighted by Gasteiger charge is -2.26. The van der Waals surface area contributed by atoms with Crippen LogP contribution in [-0.4, -0.2) is 49.0 Å². The Balaban J connectivity index is 2.18. The monoisotopic (exact) mass is 312 g/mol. The van der Waals surface area contributed by atoms with Crippen LogP contribution >= 0.6 is 11.8 Å². The molecule has 1 aliphatic rings. The zero-order chi connectivity index (χ0) is 15.6. The van der Waals surface area contributed by atoms with Gasteiger partial charge in [0.1, 0.15) is 6.04 Å². The van der Waals surface area contributed by atoms with Crippen LogP contribution in [0.2, 0.25) is 0 Å². The fourth-order valence-corrected chi connectivity index (χ4v) is 3.77. The molecule has 0 aliphatic carbocycles. The Hall–Kier alpha value is -1.70. The van der Waals surface area contributed by atoms with Gasteiger partial charge in [0, 0.05) is 19.0 Å². The summed E-state index contributed by atoms with van der Waals surface area (Å²) in [6.07, 6.45) is 3.15. The number of nitrogens with one attached hydrogen (secondary N) is 1. The Morgan fingerprint density at radius 2 is 2.24 bits per heavy atom. The van der Waals surface area contributed by atoms with Gasteiger partial charge in [-0.1, -0.05) is 13.8 Å². The molecule has 0 spiro atoms. The minimum atomic E-state index is -0.962. The third kappa shape index (κ3) is 3.15. The summed E-state index contributed by atoms with van der Waals surface area (Å²) in [7, 11) is 1.79. The van der Waals surface area contributed by atoms with Gasteiger partial charge >= 0.3 is 12.0 Å². The number of aliphatic carboxylic acids is 1. The molecule has 1 aromatic heterocycles. The molecule has 1 aliphatic heterocycles. The molecule has 2 atom stereocenters. The van der Waals surface area contributed by atoms with Gasteiger partial charge in [0.25, 0.3) is 0 Å². The molecule has 8 heteroatoms. The topological polar surface area (TPSA) is 87.5 Å². The van der Waals surface area contributed by atoms with Crippen LogP contribution in [-0.2, 0) is 18.3 Å². The summed E-state index contributed by atoms with van der Waals surface area (Å²) in [5, 5.41) is 16.2. The van der Waals surface area contributed by atoms with Gasteiger partial charge in [0.05, 0.1) is 16.8 Å². The fraction of sp³-hybridized carbons (Fsp3) is 0.615. The number of thioether (sulfide) groups is 1. The first kappa shape index (κ1) is 15.7. The number of carbonyl (C=O) groups excluding carboxylic acids is 1. The number of hydrogen-bond acceptors (Lipinski definition) is 4. The van der Waals surface area contributed by atoms with Crippen molar-refractivity contribution in [3.8, 4) is 0 Å². The maximum Gasteiger partial charge on any atom is 0.327 e. The largest absolute Gasteiger partial charge is 0.480 e. The van der Waals surface area contributed by atoms with E-state index in [9.17, 15) is 14.7 Å². The van der Waals surface area contributed by atoms with Crippen molar-refractivity contribution in [1.29, 1.82) is 0 Å². The van der Waals surface area contributed by atoms with Crippen molar-refractivity contribution < 1.29 is 14.7 Å². The first-order valence-electron chi connectivity index (χ1n) is 6.94. The lowest BCUT2D eigenvalue weighted by atomic mass is 10.2. The smallest absolute Gasteiger partial charge is 0.327 e. The molecule has 1 saturated heterocycles. The van der Waals surface area contributed by atoms with Gasteiger partial charge in [0.15, 0.2) is 0 Å². The van der Waals surface area contributed by atoms with Gasteiger partial charge in [-0.05, 0) is 12.8 Å². The molecule has 2 N–H and O–H groups in total. The number of rotatable bonds is 4. The molecular weight excluding hydrogens is 292 g/mol. The van der Waals surface area contributed by atoms with Crippen molar-refractivity contribution in [3.63, 3.8) is 0 Å². The van der Waals surface area contributed by atoms with E-state index >= 15 is 0 Å². The van der Waals surface area contributed by atoms with Gasteiger partial charge in [-0.3, -0.25) is 9.58 Å². The van der Waals surface area contributed by atoms with Crippen LogP contribution in [0.1, 0.15) is 26.0 Å². The summed E-state index contributed by atoms with van der Waals surface area (Å²) in [6.45, 7) is 3.91. The first-order chi connectivity index (χ1) is 9.97. The maximum absolute atomic E-state index is 12.5. The van der Waals surface area contributed by atoms with E-state index in [4.69, 9.17) is 0 Å². The number of hydrogen-bond donors (Lipinski definition) is 2. The number of nitrogens with zero attached hydrogens (tertiary/aromatic N) is 3. The second-order valence-electron chi connectivity index (χ2n) is 4.90. The number of carboxylic acids is 1. The van der Waals surface area contributed by atoms with Gasteiger partial charge in [-0.2, -0.15) is 5.10 Å². The number of urea groups is 1. The standard InChI is InChI=1S/C13H20N4O3S/c1-4-8-9(6-16(3)15-8)14-13(20)17-10(12(18)19)7-21-11(17)5-2/h6,10-11H,4-5,7H2,1-3H3,(H,14,20)(H,18,19). The molecule has 2 amide bonds. The molecule has 2 rings (SSSR count). The molecule has 2 heterocycles. The number of amides is 2. The van der Waals surface area contributed by atoms with E-state index < -0.39 is 12.0 Å². The van der Waals surface area contributed by atoms with Crippen LogP contribution in [0.25, 0.3) is 0 Å². The Morgan fingerprint density at radius 1 is 1.52 bits per heavy atom. The van der Waals surface area contributed by atoms with Crippen LogP contribution in [0, 0.1) is 0 Å². The zero-order valence-electron chi connectivity index (χ0n) is 12.4. The lowest BCUT2D eigenvalue weighted by Crippen LogP contribution is -2.47. The molecule has 0 aromatic carbocycles. The average molecular weight is 312 g/mol. The van der Waals surface area contributed by atoms with Crippen LogP contribution < -0.4 is 5.32 Å². The highest BCUT2D eigenvalue weighted by molar-refractivity contribution is 8.00. The Kier molecular flexibility index (Phi) is 4.76. The minimum Gasteiger partial charge on any atom is -0.480 e. The van der Waals surface area contributed by atoms with Gasteiger partial charge in [0.2, 0.25) is 0 Å². The van der Waals surface area contributed by atoms with E-state index in [0.29, 0.717) is 17.9 Å². The van der Waals surface area contributed by atoms with Crippen molar-refractivity contribution in [1.82, 2.24) is 14.7 Å². The molecule has 0 radical (unpaired) electrons. The Morgan fingerprint density at radius 3 is 2.81 bits per heavy atom. The van der Waals surface area contributed by atoms with E-state index in [2.05, 4.69) is 10.4 Å². The van der Waals surface area contributed by atoms with Crippen molar-refractivity contribution in [2.24, 2.45) is 7.05 Å². The first-order valence-corrected chi connectivity index (χ1v) is 7.99. The SMILES string of the molecule is CCc1nn(C)cc1NC(=O)N1C(CC)SCC1C(=O)O. The summed E-state index contributed by atoms with van der Waals surface area (Å²) in [6, 6.07) is -1.15. The summed E-state index contributed by atoms with van der Waals surface area (Å²) in [4.78, 5) is 25.2. The van der Waals surface area contributed by atoms with Crippen molar-refractivity contribution in [3.05, 3.63) is 11.9 Å². The van der Waals surface area contributed by atoms with Crippen LogP contribution in [0.3, 0.4) is 0 Å². The number of aromatic nitrogens is 2. The predicted molar refractivity (Wildman–Crippen MR) is 81.4 cm³/mol. The highest BCUT2D eigenvalue weighted by Gasteiger charge is 2.41. The molecule has 0 saturated carbocycles. The third-order valence-electron chi connectivity index (χ3n) is 3.44. The molecular formula is C13H20N4O3S. The zero-order valence-corrected chi connectivity index (χ0v) is 13.2. The number of carboxylic acid groups (broad SMARTS) is 1. The van der Waals surface area contributed by atoms with Crippen molar-refractivity contribution in [2.75, 3.05) is 11.1 Å². The van der Waals surface area contributed by atoms with Crippen LogP contribution in [0.15, 0.2) is 6.20 Å². The summed E-state index contributed by atoms with van der Waals surface area (Å²) >= 11 is 1.50. The van der Waals surface area contributed by atoms with Crippen molar-refractivity contribution >= 4 is 29.4 Å². The minimum absolute atomic E-state index is 0.104. The van der Waals surface area contributed by atoms with E-state index in [0.717, 1.165) is 12.1 Å². The lowest BCUT2D eigenvalue weighted by molar-refractivity contribution is -0.141. The molecule has 1 fully saturated rings. The third-order valence-corrected chi connectivity index (χ3v) is 4.90. The summed E-state index contributed by atoms with van der Waals surface area (Å²) in [5.41, 5.74) is 1.43. The van der Waals surface area contributed by atoms with E-state index in [1.807, 2.05) is 13.8 Å². The second-order valence-corrected chi connectivity index (χ2v) is 6.12. The van der Waals surface area contributed by atoms with Crippen molar-refractivity contribution in [2.45, 2.75) is 38.1 Å². The second kappa shape index (κ2) is 6.38. The van der Waals surface area contributed by atoms with Gasteiger partial charge in [-0.25, -0.2) is 9.59 Å². The Bertz CT molecular complexity index is 546. The molecule has 0 bridgehead atoms. The number of anilines is 1. The van der Waals surface area contributed by atoms with E-state index in [1.54, 1.807) is 17.9 Å². The molecule has 116 valence electrons. The molecule has 21 heavy (non-hydrogen) atoms. The molecule has 2 unspecified atom stereocenters. The average Bonchev–Trinajstić information content (AvgIpc) is 3.01. The van der Waals surface area contributed by atoms with E-state index in [1.165, 1.54) is 16.7 Å². The highest BCUT2D eigenvalue weighted by atomic mass is 32.2. The van der Waals surface area contributed by atoms with Gasteiger partial charge in [-0.15, -0.1) is 11.8 Å². The Labute approximate surface area is 127 Å². The summed E-state index contributed by atoms with van der Waals surface area (Å²) < 4.78 is 1.64. The van der Waals surface area contributed by atoms with E-state index in [-0.39, 0.29) is 11.4 Å². The van der Waals surface area contributed by atoms with Crippen LogP contribution in [0.4, 0.5) is 10.5 Å². The highest BCUT2D eigenvalue weighted by Crippen LogP contribution is 2.32. The quantitative estimate of drug-likeness (QED) is 0.884. The summed E-state index contributed by atoms with van der Waals surface area (Å²) in [5.74, 6) is -0.537. The maximum atomic E-state index is 12.5. The van der Waals surface area contributed by atoms with Crippen LogP contribution in [0.5, 0.6) is 0 Å². The normalized spacial score (nSPS) is 21.6. The van der Waals surface area contributed by atoms with Gasteiger partial charge < -0.3 is 10.4 Å². The fourth-order valence-electron chi connectivity index (χ4n) is 2.42. The molecule has 7 nitrogen and oxygen atoms in total. The molecule has 1 aromatic rings. The number of aryl methyl sites for hydroxylation is 2. The number of carbonyl (C=O) groups is 2. The predicted octanol–water partition coefficient (Wildman–Crippen LogP) is 1.75.